The topological polar surface area (TPSA) is 78.8 Å². The third-order valence-electron chi connectivity index (χ3n) is 1.92. The summed E-state index contributed by atoms with van der Waals surface area (Å²) in [6, 6.07) is 7.84. The quantitative estimate of drug-likeness (QED) is 0.787. The van der Waals surface area contributed by atoms with Gasteiger partial charge >= 0.3 is 6.01 Å². The van der Waals surface area contributed by atoms with Gasteiger partial charge in [-0.15, -0.1) is 0 Å². The molecule has 1 aromatic heterocycles. The highest BCUT2D eigenvalue weighted by Gasteiger charge is 2.04. The Balaban J connectivity index is 2.21. The van der Waals surface area contributed by atoms with Crippen LogP contribution in [0.1, 0.15) is 5.56 Å². The standard InChI is InChI=1S/C9H11N5O/c1-14-9(11-12-13-14)15-8-4-2-3-7(5-8)6-10/h2-5H,6,10H2,1H3. The Hall–Kier alpha value is -1.95. The van der Waals surface area contributed by atoms with Crippen molar-refractivity contribution in [3.63, 3.8) is 0 Å². The maximum atomic E-state index is 5.52. The van der Waals surface area contributed by atoms with Crippen LogP contribution in [0, 0.1) is 0 Å². The molecule has 0 atom stereocenters. The van der Waals surface area contributed by atoms with Crippen LogP contribution >= 0.6 is 0 Å². The molecule has 1 aromatic carbocycles. The zero-order valence-electron chi connectivity index (χ0n) is 8.29. The molecule has 2 N–H and O–H groups in total. The molecule has 0 saturated carbocycles. The Bertz CT molecular complexity index is 453. The third-order valence-corrected chi connectivity index (χ3v) is 1.92. The second-order valence-electron chi connectivity index (χ2n) is 3.04. The Morgan fingerprint density at radius 1 is 1.47 bits per heavy atom. The predicted octanol–water partition coefficient (Wildman–Crippen LogP) is 0.461. The van der Waals surface area contributed by atoms with E-state index in [9.17, 15) is 0 Å². The van der Waals surface area contributed by atoms with Crippen molar-refractivity contribution in [2.45, 2.75) is 6.54 Å². The zero-order valence-corrected chi connectivity index (χ0v) is 8.29. The van der Waals surface area contributed by atoms with E-state index in [1.165, 1.54) is 4.68 Å². The molecule has 6 nitrogen and oxygen atoms in total. The van der Waals surface area contributed by atoms with Crippen LogP contribution in [-0.2, 0) is 13.6 Å². The van der Waals surface area contributed by atoms with E-state index in [2.05, 4.69) is 15.5 Å². The van der Waals surface area contributed by atoms with E-state index in [0.29, 0.717) is 18.3 Å². The van der Waals surface area contributed by atoms with Crippen molar-refractivity contribution in [3.05, 3.63) is 29.8 Å². The zero-order chi connectivity index (χ0) is 10.7. The molecule has 1 heterocycles. The summed E-state index contributed by atoms with van der Waals surface area (Å²) in [4.78, 5) is 0. The molecule has 0 amide bonds. The lowest BCUT2D eigenvalue weighted by Gasteiger charge is -2.04. The fourth-order valence-electron chi connectivity index (χ4n) is 1.15. The molecule has 2 aromatic rings. The van der Waals surface area contributed by atoms with Gasteiger partial charge in [0.15, 0.2) is 0 Å². The van der Waals surface area contributed by atoms with E-state index in [1.54, 1.807) is 7.05 Å². The van der Waals surface area contributed by atoms with Crippen molar-refractivity contribution < 1.29 is 4.74 Å². The molecule has 78 valence electrons. The van der Waals surface area contributed by atoms with Gasteiger partial charge in [0, 0.05) is 13.6 Å². The van der Waals surface area contributed by atoms with Crippen molar-refractivity contribution in [1.82, 2.24) is 20.2 Å². The summed E-state index contributed by atoms with van der Waals surface area (Å²) in [5.41, 5.74) is 6.52. The lowest BCUT2D eigenvalue weighted by molar-refractivity contribution is 0.414. The summed E-state index contributed by atoms with van der Waals surface area (Å²) < 4.78 is 6.92. The molecule has 15 heavy (non-hydrogen) atoms. The van der Waals surface area contributed by atoms with Crippen molar-refractivity contribution >= 4 is 0 Å². The Kier molecular flexibility index (Phi) is 2.59. The van der Waals surface area contributed by atoms with Crippen LogP contribution in [0.3, 0.4) is 0 Å². The highest BCUT2D eigenvalue weighted by Crippen LogP contribution is 2.18. The van der Waals surface area contributed by atoms with E-state index < -0.39 is 0 Å². The molecular formula is C9H11N5O. The maximum absolute atomic E-state index is 5.52. The number of hydrogen-bond acceptors (Lipinski definition) is 5. The van der Waals surface area contributed by atoms with Crippen LogP contribution in [0.5, 0.6) is 11.8 Å². The normalized spacial score (nSPS) is 10.3. The molecule has 0 aliphatic carbocycles. The van der Waals surface area contributed by atoms with Gasteiger partial charge in [-0.25, -0.2) is 0 Å². The molecule has 0 aliphatic rings. The first-order valence-electron chi connectivity index (χ1n) is 4.49. The Labute approximate surface area is 86.7 Å². The molecule has 0 unspecified atom stereocenters. The van der Waals surface area contributed by atoms with Gasteiger partial charge in [-0.2, -0.15) is 4.68 Å². The molecule has 0 spiro atoms. The molecule has 0 aliphatic heterocycles. The average molecular weight is 205 g/mol. The highest BCUT2D eigenvalue weighted by molar-refractivity contribution is 5.30. The Morgan fingerprint density at radius 2 is 2.33 bits per heavy atom. The fraction of sp³-hybridized carbons (Fsp3) is 0.222. The second-order valence-corrected chi connectivity index (χ2v) is 3.04. The summed E-state index contributed by atoms with van der Waals surface area (Å²) in [7, 11) is 1.71. The minimum Gasteiger partial charge on any atom is -0.423 e. The first-order valence-corrected chi connectivity index (χ1v) is 4.49. The number of benzene rings is 1. The molecule has 0 saturated heterocycles. The third kappa shape index (κ3) is 2.10. The number of rotatable bonds is 3. The molecular weight excluding hydrogens is 194 g/mol. The first kappa shape index (κ1) is 9.60. The fourth-order valence-corrected chi connectivity index (χ4v) is 1.15. The lowest BCUT2D eigenvalue weighted by Crippen LogP contribution is -1.98. The van der Waals surface area contributed by atoms with Crippen molar-refractivity contribution in [3.8, 4) is 11.8 Å². The largest absolute Gasteiger partial charge is 0.423 e. The van der Waals surface area contributed by atoms with Gasteiger partial charge < -0.3 is 10.5 Å². The van der Waals surface area contributed by atoms with Crippen LogP contribution in [0.25, 0.3) is 0 Å². The van der Waals surface area contributed by atoms with E-state index in [4.69, 9.17) is 10.5 Å². The van der Waals surface area contributed by atoms with Crippen molar-refractivity contribution in [1.29, 1.82) is 0 Å². The van der Waals surface area contributed by atoms with Crippen LogP contribution in [-0.4, -0.2) is 20.2 Å². The van der Waals surface area contributed by atoms with Crippen LogP contribution in [0.4, 0.5) is 0 Å². The first-order chi connectivity index (χ1) is 7.29. The molecule has 0 radical (unpaired) electrons. The minimum absolute atomic E-state index is 0.351. The van der Waals surface area contributed by atoms with Gasteiger partial charge in [0.2, 0.25) is 0 Å². The number of hydrogen-bond donors (Lipinski definition) is 1. The lowest BCUT2D eigenvalue weighted by atomic mass is 10.2. The van der Waals surface area contributed by atoms with Crippen molar-refractivity contribution in [2.24, 2.45) is 12.8 Å². The smallest absolute Gasteiger partial charge is 0.340 e. The summed E-state index contributed by atoms with van der Waals surface area (Å²) in [6.07, 6.45) is 0. The van der Waals surface area contributed by atoms with Gasteiger partial charge in [-0.3, -0.25) is 0 Å². The van der Waals surface area contributed by atoms with E-state index in [0.717, 1.165) is 5.56 Å². The van der Waals surface area contributed by atoms with Gasteiger partial charge in [-0.1, -0.05) is 17.2 Å². The second kappa shape index (κ2) is 4.05. The monoisotopic (exact) mass is 205 g/mol. The van der Waals surface area contributed by atoms with Crippen molar-refractivity contribution in [2.75, 3.05) is 0 Å². The van der Waals surface area contributed by atoms with Crippen LogP contribution in [0.2, 0.25) is 0 Å². The highest BCUT2D eigenvalue weighted by atomic mass is 16.5. The number of aryl methyl sites for hydroxylation is 1. The van der Waals surface area contributed by atoms with Gasteiger partial charge in [0.05, 0.1) is 0 Å². The SMILES string of the molecule is Cn1nnnc1Oc1cccc(CN)c1. The summed E-state index contributed by atoms with van der Waals surface area (Å²) >= 11 is 0. The minimum atomic E-state index is 0.351. The van der Waals surface area contributed by atoms with Gasteiger partial charge in [-0.05, 0) is 28.1 Å². The average Bonchev–Trinajstić information content (AvgIpc) is 2.65. The molecule has 2 rings (SSSR count). The van der Waals surface area contributed by atoms with Crippen LogP contribution in [0.15, 0.2) is 24.3 Å². The van der Waals surface area contributed by atoms with E-state index in [1.807, 2.05) is 24.3 Å². The van der Waals surface area contributed by atoms with E-state index >= 15 is 0 Å². The number of nitrogens with two attached hydrogens (primary N) is 1. The van der Waals surface area contributed by atoms with Gasteiger partial charge in [0.25, 0.3) is 0 Å². The number of tetrazole rings is 1. The summed E-state index contributed by atoms with van der Waals surface area (Å²) in [5.74, 6) is 0.677. The molecule has 0 fully saturated rings. The van der Waals surface area contributed by atoms with Gasteiger partial charge in [0.1, 0.15) is 5.75 Å². The molecule has 0 bridgehead atoms. The number of aromatic nitrogens is 4. The predicted molar refractivity (Wildman–Crippen MR) is 53.2 cm³/mol. The molecule has 6 heteroatoms. The Morgan fingerprint density at radius 3 is 3.00 bits per heavy atom. The maximum Gasteiger partial charge on any atom is 0.340 e. The summed E-state index contributed by atoms with van der Waals surface area (Å²) in [6.45, 7) is 0.480. The number of ether oxygens (including phenoxy) is 1. The summed E-state index contributed by atoms with van der Waals surface area (Å²) in [5, 5.41) is 10.8. The van der Waals surface area contributed by atoms with E-state index in [-0.39, 0.29) is 0 Å². The van der Waals surface area contributed by atoms with Crippen LogP contribution < -0.4 is 10.5 Å². The number of nitrogens with zero attached hydrogens (tertiary/aromatic N) is 4.